The first-order valence-electron chi connectivity index (χ1n) is 9.10. The summed E-state index contributed by atoms with van der Waals surface area (Å²) in [5, 5.41) is 4.26. The number of para-hydroxylation sites is 2. The number of ether oxygens (including phenoxy) is 1. The molecule has 5 rings (SSSR count). The van der Waals surface area contributed by atoms with Gasteiger partial charge in [0.05, 0.1) is 23.7 Å². The SMILES string of the molecule is CN1CN(c2ccnc(Oc3cccc(-n4cccn4)c3)c2)c2ccccc21. The zero-order valence-electron chi connectivity index (χ0n) is 15.4. The maximum Gasteiger partial charge on any atom is 0.221 e. The molecule has 1 aliphatic heterocycles. The van der Waals surface area contributed by atoms with Crippen LogP contribution in [-0.4, -0.2) is 28.5 Å². The van der Waals surface area contributed by atoms with Gasteiger partial charge >= 0.3 is 0 Å². The van der Waals surface area contributed by atoms with Gasteiger partial charge in [0.25, 0.3) is 0 Å². The highest BCUT2D eigenvalue weighted by atomic mass is 16.5. The standard InChI is InChI=1S/C22H19N5O/c1-25-16-26(21-9-3-2-8-20(21)25)17-10-12-23-22(15-17)28-19-7-4-6-18(14-19)27-13-5-11-24-27/h2-15H,16H2,1H3. The molecule has 0 saturated heterocycles. The second-order valence-electron chi connectivity index (χ2n) is 6.66. The fraction of sp³-hybridized carbons (Fsp3) is 0.0909. The normalized spacial score (nSPS) is 12.9. The highest BCUT2D eigenvalue weighted by molar-refractivity contribution is 5.82. The Morgan fingerprint density at radius 1 is 0.857 bits per heavy atom. The summed E-state index contributed by atoms with van der Waals surface area (Å²) in [5.41, 5.74) is 4.38. The van der Waals surface area contributed by atoms with Crippen LogP contribution >= 0.6 is 0 Å². The van der Waals surface area contributed by atoms with Crippen LogP contribution in [0.4, 0.5) is 17.1 Å². The summed E-state index contributed by atoms with van der Waals surface area (Å²) >= 11 is 0. The Kier molecular flexibility index (Phi) is 3.94. The van der Waals surface area contributed by atoms with Crippen molar-refractivity contribution in [3.05, 3.63) is 85.3 Å². The number of hydrogen-bond acceptors (Lipinski definition) is 5. The molecule has 6 heteroatoms. The van der Waals surface area contributed by atoms with Gasteiger partial charge < -0.3 is 14.5 Å². The van der Waals surface area contributed by atoms with Crippen molar-refractivity contribution in [3.8, 4) is 17.3 Å². The smallest absolute Gasteiger partial charge is 0.221 e. The summed E-state index contributed by atoms with van der Waals surface area (Å²) in [6.45, 7) is 0.789. The highest BCUT2D eigenvalue weighted by Gasteiger charge is 2.24. The molecule has 0 amide bonds. The number of hydrogen-bond donors (Lipinski definition) is 0. The Bertz CT molecular complexity index is 1110. The number of aromatic nitrogens is 3. The molecular weight excluding hydrogens is 350 g/mol. The second-order valence-corrected chi connectivity index (χ2v) is 6.66. The molecule has 0 aliphatic carbocycles. The lowest BCUT2D eigenvalue weighted by Gasteiger charge is -2.20. The van der Waals surface area contributed by atoms with Crippen molar-refractivity contribution >= 4 is 17.1 Å². The van der Waals surface area contributed by atoms with Gasteiger partial charge in [-0.05, 0) is 36.4 Å². The Morgan fingerprint density at radius 3 is 2.61 bits per heavy atom. The number of benzene rings is 2. The molecule has 1 aliphatic rings. The van der Waals surface area contributed by atoms with E-state index in [0.29, 0.717) is 5.88 Å². The van der Waals surface area contributed by atoms with Gasteiger partial charge in [-0.15, -0.1) is 0 Å². The van der Waals surface area contributed by atoms with Crippen molar-refractivity contribution in [3.63, 3.8) is 0 Å². The second kappa shape index (κ2) is 6.74. The minimum absolute atomic E-state index is 0.558. The lowest BCUT2D eigenvalue weighted by Crippen LogP contribution is -2.23. The summed E-state index contributed by atoms with van der Waals surface area (Å²) in [5.74, 6) is 1.28. The molecule has 2 aromatic heterocycles. The van der Waals surface area contributed by atoms with Gasteiger partial charge in [0, 0.05) is 43.5 Å². The molecule has 0 spiro atoms. The molecule has 4 aromatic rings. The van der Waals surface area contributed by atoms with Crippen molar-refractivity contribution < 1.29 is 4.74 Å². The Hall–Kier alpha value is -3.80. The van der Waals surface area contributed by atoms with Crippen LogP contribution in [0.5, 0.6) is 11.6 Å². The fourth-order valence-electron chi connectivity index (χ4n) is 3.45. The van der Waals surface area contributed by atoms with Gasteiger partial charge in [-0.1, -0.05) is 18.2 Å². The van der Waals surface area contributed by atoms with E-state index in [9.17, 15) is 0 Å². The van der Waals surface area contributed by atoms with Crippen LogP contribution in [-0.2, 0) is 0 Å². The van der Waals surface area contributed by atoms with Crippen molar-refractivity contribution in [2.75, 3.05) is 23.5 Å². The lowest BCUT2D eigenvalue weighted by atomic mass is 10.2. The van der Waals surface area contributed by atoms with Gasteiger partial charge in [0.15, 0.2) is 0 Å². The first-order valence-corrected chi connectivity index (χ1v) is 9.10. The summed E-state index contributed by atoms with van der Waals surface area (Å²) in [6, 6.07) is 22.0. The minimum Gasteiger partial charge on any atom is -0.439 e. The van der Waals surface area contributed by atoms with Crippen LogP contribution in [0.3, 0.4) is 0 Å². The molecule has 0 atom stereocenters. The summed E-state index contributed by atoms with van der Waals surface area (Å²) in [6.07, 6.45) is 5.44. The molecule has 138 valence electrons. The molecule has 0 bridgehead atoms. The van der Waals surface area contributed by atoms with Crippen molar-refractivity contribution in [1.29, 1.82) is 0 Å². The molecule has 28 heavy (non-hydrogen) atoms. The molecule has 6 nitrogen and oxygen atoms in total. The van der Waals surface area contributed by atoms with Crippen LogP contribution in [0.1, 0.15) is 0 Å². The molecule has 0 saturated carbocycles. The van der Waals surface area contributed by atoms with Crippen molar-refractivity contribution in [1.82, 2.24) is 14.8 Å². The number of anilines is 3. The van der Waals surface area contributed by atoms with Crippen LogP contribution in [0.2, 0.25) is 0 Å². The largest absolute Gasteiger partial charge is 0.439 e. The average molecular weight is 369 g/mol. The van der Waals surface area contributed by atoms with E-state index in [2.05, 4.69) is 51.2 Å². The molecule has 3 heterocycles. The third-order valence-electron chi connectivity index (χ3n) is 4.78. The highest BCUT2D eigenvalue weighted by Crippen LogP contribution is 2.40. The molecule has 0 fully saturated rings. The van der Waals surface area contributed by atoms with E-state index in [0.717, 1.165) is 23.8 Å². The molecule has 2 aromatic carbocycles. The van der Waals surface area contributed by atoms with E-state index in [-0.39, 0.29) is 0 Å². The van der Waals surface area contributed by atoms with Crippen LogP contribution in [0.15, 0.2) is 85.3 Å². The Labute approximate surface area is 163 Å². The van der Waals surface area contributed by atoms with E-state index >= 15 is 0 Å². The van der Waals surface area contributed by atoms with Crippen LogP contribution < -0.4 is 14.5 Å². The van der Waals surface area contributed by atoms with E-state index in [1.165, 1.54) is 11.4 Å². The molecule has 0 N–H and O–H groups in total. The first-order chi connectivity index (χ1) is 13.8. The van der Waals surface area contributed by atoms with Crippen LogP contribution in [0.25, 0.3) is 5.69 Å². The van der Waals surface area contributed by atoms with Gasteiger partial charge in [-0.2, -0.15) is 5.10 Å². The monoisotopic (exact) mass is 369 g/mol. The Balaban J connectivity index is 1.42. The first kappa shape index (κ1) is 16.4. The summed E-state index contributed by atoms with van der Waals surface area (Å²) < 4.78 is 7.84. The number of rotatable bonds is 4. The molecule has 0 radical (unpaired) electrons. The summed E-state index contributed by atoms with van der Waals surface area (Å²) in [7, 11) is 2.10. The topological polar surface area (TPSA) is 46.4 Å². The zero-order valence-corrected chi connectivity index (χ0v) is 15.4. The van der Waals surface area contributed by atoms with Gasteiger partial charge in [-0.3, -0.25) is 0 Å². The van der Waals surface area contributed by atoms with Gasteiger partial charge in [-0.25, -0.2) is 9.67 Å². The molecular formula is C22H19N5O. The predicted molar refractivity (Wildman–Crippen MR) is 110 cm³/mol. The maximum atomic E-state index is 6.04. The van der Waals surface area contributed by atoms with E-state index < -0.39 is 0 Å². The quantitative estimate of drug-likeness (QED) is 0.526. The Morgan fingerprint density at radius 2 is 1.75 bits per heavy atom. The summed E-state index contributed by atoms with van der Waals surface area (Å²) in [4.78, 5) is 8.87. The van der Waals surface area contributed by atoms with E-state index in [4.69, 9.17) is 4.74 Å². The number of pyridine rings is 1. The third-order valence-corrected chi connectivity index (χ3v) is 4.78. The van der Waals surface area contributed by atoms with Crippen molar-refractivity contribution in [2.24, 2.45) is 0 Å². The van der Waals surface area contributed by atoms with Crippen molar-refractivity contribution in [2.45, 2.75) is 0 Å². The van der Waals surface area contributed by atoms with E-state index in [1.807, 2.05) is 48.7 Å². The average Bonchev–Trinajstić information content (AvgIpc) is 3.38. The minimum atomic E-state index is 0.558. The van der Waals surface area contributed by atoms with Crippen LogP contribution in [0, 0.1) is 0 Å². The number of fused-ring (bicyclic) bond motifs is 1. The third kappa shape index (κ3) is 2.95. The zero-order chi connectivity index (χ0) is 18.9. The maximum absolute atomic E-state index is 6.04. The molecule has 0 unspecified atom stereocenters. The number of nitrogens with zero attached hydrogens (tertiary/aromatic N) is 5. The predicted octanol–water partition coefficient (Wildman–Crippen LogP) is 4.61. The van der Waals surface area contributed by atoms with E-state index in [1.54, 1.807) is 17.1 Å². The fourth-order valence-corrected chi connectivity index (χ4v) is 3.45. The lowest BCUT2D eigenvalue weighted by molar-refractivity contribution is 0.462. The van der Waals surface area contributed by atoms with Gasteiger partial charge in [0.1, 0.15) is 5.75 Å². The van der Waals surface area contributed by atoms with Gasteiger partial charge in [0.2, 0.25) is 5.88 Å².